The highest BCUT2D eigenvalue weighted by molar-refractivity contribution is 7.90. The first-order valence-corrected chi connectivity index (χ1v) is 11.9. The molecular formula is C22H22F3N3O4S. The summed E-state index contributed by atoms with van der Waals surface area (Å²) in [7, 11) is -3.64. The molecule has 0 radical (unpaired) electrons. The summed E-state index contributed by atoms with van der Waals surface area (Å²) in [4.78, 5) is 16.6. The molecule has 11 heteroatoms. The lowest BCUT2D eigenvalue weighted by Gasteiger charge is -2.36. The number of hydrogen-bond acceptors (Lipinski definition) is 6. The second kappa shape index (κ2) is 9.70. The van der Waals surface area contributed by atoms with Crippen LogP contribution in [0.4, 0.5) is 18.9 Å². The number of nitrogens with zero attached hydrogens (tertiary/aromatic N) is 3. The smallest absolute Gasteiger partial charge is 0.392 e. The normalized spacial score (nSPS) is 14.6. The maximum absolute atomic E-state index is 13.2. The summed E-state index contributed by atoms with van der Waals surface area (Å²) < 4.78 is 66.6. The van der Waals surface area contributed by atoms with Crippen LogP contribution in [0.15, 0.2) is 47.4 Å². The summed E-state index contributed by atoms with van der Waals surface area (Å²) in [6.45, 7) is 0.948. The van der Waals surface area contributed by atoms with Crippen LogP contribution in [-0.4, -0.2) is 64.4 Å². The average molecular weight is 481 g/mol. The van der Waals surface area contributed by atoms with Gasteiger partial charge in [0, 0.05) is 38.1 Å². The Hall–Kier alpha value is -3.26. The summed E-state index contributed by atoms with van der Waals surface area (Å²) in [6, 6.07) is 12.7. The van der Waals surface area contributed by atoms with E-state index in [0.29, 0.717) is 31.7 Å². The first-order chi connectivity index (χ1) is 15.5. The van der Waals surface area contributed by atoms with Gasteiger partial charge in [0.05, 0.1) is 35.1 Å². The average Bonchev–Trinajstić information content (AvgIpc) is 2.77. The zero-order valence-corrected chi connectivity index (χ0v) is 18.6. The zero-order chi connectivity index (χ0) is 24.2. The van der Waals surface area contributed by atoms with E-state index in [0.717, 1.165) is 18.0 Å². The predicted octanol–water partition coefficient (Wildman–Crippen LogP) is 3.26. The highest BCUT2D eigenvalue weighted by Crippen LogP contribution is 2.27. The minimum absolute atomic E-state index is 0.0908. The fraction of sp³-hybridized carbons (Fsp3) is 0.364. The van der Waals surface area contributed by atoms with E-state index < -0.39 is 34.9 Å². The number of halogens is 3. The summed E-state index contributed by atoms with van der Waals surface area (Å²) in [6.07, 6.45) is -4.63. The highest BCUT2D eigenvalue weighted by Gasteiger charge is 2.29. The SMILES string of the molecule is CS(=O)(=O)c1ccc(OCCC(F)(F)F)c(C(=O)N2CCN(c3ccc(C#N)cc3)CC2)c1. The fourth-order valence-corrected chi connectivity index (χ4v) is 4.04. The Labute approximate surface area is 189 Å². The van der Waals surface area contributed by atoms with Gasteiger partial charge in [0.15, 0.2) is 9.84 Å². The van der Waals surface area contributed by atoms with Gasteiger partial charge in [-0.3, -0.25) is 4.79 Å². The van der Waals surface area contributed by atoms with Crippen LogP contribution in [0.2, 0.25) is 0 Å². The van der Waals surface area contributed by atoms with E-state index in [4.69, 9.17) is 10.00 Å². The Morgan fingerprint density at radius 3 is 2.27 bits per heavy atom. The lowest BCUT2D eigenvalue weighted by molar-refractivity contribution is -0.139. The second-order valence-electron chi connectivity index (χ2n) is 7.58. The van der Waals surface area contributed by atoms with Crippen molar-refractivity contribution in [2.75, 3.05) is 43.9 Å². The molecule has 1 aliphatic heterocycles. The van der Waals surface area contributed by atoms with E-state index in [1.807, 2.05) is 17.0 Å². The lowest BCUT2D eigenvalue weighted by Crippen LogP contribution is -2.48. The van der Waals surface area contributed by atoms with Gasteiger partial charge >= 0.3 is 6.18 Å². The van der Waals surface area contributed by atoms with Crippen molar-refractivity contribution in [3.63, 3.8) is 0 Å². The van der Waals surface area contributed by atoms with Crippen molar-refractivity contribution >= 4 is 21.4 Å². The molecule has 0 saturated carbocycles. The standard InChI is InChI=1S/C22H22F3N3O4S/c1-33(30,31)18-6-7-20(32-13-8-22(23,24)25)19(14-18)21(29)28-11-9-27(10-12-28)17-4-2-16(15-26)3-5-17/h2-7,14H,8-13H2,1H3. The largest absolute Gasteiger partial charge is 0.492 e. The summed E-state index contributed by atoms with van der Waals surface area (Å²) in [5.74, 6) is -0.604. The van der Waals surface area contributed by atoms with E-state index in [2.05, 4.69) is 6.07 Å². The van der Waals surface area contributed by atoms with Crippen LogP contribution in [0.3, 0.4) is 0 Å². The molecule has 1 heterocycles. The number of rotatable bonds is 6. The van der Waals surface area contributed by atoms with Gasteiger partial charge in [-0.25, -0.2) is 8.42 Å². The van der Waals surface area contributed by atoms with Crippen molar-refractivity contribution in [3.8, 4) is 11.8 Å². The second-order valence-corrected chi connectivity index (χ2v) is 9.60. The first-order valence-electron chi connectivity index (χ1n) is 10.1. The van der Waals surface area contributed by atoms with Crippen molar-refractivity contribution in [3.05, 3.63) is 53.6 Å². The number of piperazine rings is 1. The molecule has 1 amide bonds. The number of benzene rings is 2. The third-order valence-corrected chi connectivity index (χ3v) is 6.29. The summed E-state index contributed by atoms with van der Waals surface area (Å²) >= 11 is 0. The van der Waals surface area contributed by atoms with Gasteiger partial charge in [0.25, 0.3) is 5.91 Å². The third-order valence-electron chi connectivity index (χ3n) is 5.18. The lowest BCUT2D eigenvalue weighted by atomic mass is 10.1. The number of nitriles is 1. The number of ether oxygens (including phenoxy) is 1. The zero-order valence-electron chi connectivity index (χ0n) is 17.8. The van der Waals surface area contributed by atoms with E-state index in [1.54, 1.807) is 12.1 Å². The van der Waals surface area contributed by atoms with E-state index >= 15 is 0 Å². The molecule has 2 aromatic carbocycles. The molecule has 1 aliphatic rings. The molecule has 0 spiro atoms. The molecule has 0 N–H and O–H groups in total. The van der Waals surface area contributed by atoms with Crippen molar-refractivity contribution < 1.29 is 31.1 Å². The van der Waals surface area contributed by atoms with Crippen LogP contribution in [0.25, 0.3) is 0 Å². The van der Waals surface area contributed by atoms with Crippen molar-refractivity contribution in [2.24, 2.45) is 0 Å². The molecule has 1 saturated heterocycles. The Balaban J connectivity index is 1.76. The molecule has 0 bridgehead atoms. The van der Waals surface area contributed by atoms with E-state index in [-0.39, 0.29) is 16.2 Å². The minimum Gasteiger partial charge on any atom is -0.492 e. The van der Waals surface area contributed by atoms with Crippen LogP contribution in [0.1, 0.15) is 22.3 Å². The van der Waals surface area contributed by atoms with Crippen molar-refractivity contribution in [1.29, 1.82) is 5.26 Å². The molecule has 0 aliphatic carbocycles. The summed E-state index contributed by atoms with van der Waals surface area (Å²) in [5, 5.41) is 8.92. The minimum atomic E-state index is -4.42. The number of amides is 1. The van der Waals surface area contributed by atoms with Gasteiger partial charge in [0.2, 0.25) is 0 Å². The summed E-state index contributed by atoms with van der Waals surface area (Å²) in [5.41, 5.74) is 1.35. The molecule has 3 rings (SSSR count). The van der Waals surface area contributed by atoms with Gasteiger partial charge in [-0.1, -0.05) is 0 Å². The van der Waals surface area contributed by atoms with Gasteiger partial charge in [0.1, 0.15) is 5.75 Å². The monoisotopic (exact) mass is 481 g/mol. The number of alkyl halides is 3. The predicted molar refractivity (Wildman–Crippen MR) is 115 cm³/mol. The third kappa shape index (κ3) is 6.38. The maximum Gasteiger partial charge on any atom is 0.392 e. The van der Waals surface area contributed by atoms with E-state index in [1.165, 1.54) is 17.0 Å². The Morgan fingerprint density at radius 2 is 1.73 bits per heavy atom. The quantitative estimate of drug-likeness (QED) is 0.629. The number of carbonyl (C=O) groups is 1. The Kier molecular flexibility index (Phi) is 7.17. The topological polar surface area (TPSA) is 90.7 Å². The molecule has 0 aromatic heterocycles. The molecule has 176 valence electrons. The van der Waals surface area contributed by atoms with Crippen LogP contribution in [0.5, 0.6) is 5.75 Å². The van der Waals surface area contributed by atoms with Gasteiger partial charge < -0.3 is 14.5 Å². The fourth-order valence-electron chi connectivity index (χ4n) is 3.39. The number of hydrogen-bond donors (Lipinski definition) is 0. The highest BCUT2D eigenvalue weighted by atomic mass is 32.2. The molecule has 33 heavy (non-hydrogen) atoms. The maximum atomic E-state index is 13.2. The van der Waals surface area contributed by atoms with Crippen LogP contribution >= 0.6 is 0 Å². The Bertz CT molecular complexity index is 1150. The Morgan fingerprint density at radius 1 is 1.09 bits per heavy atom. The number of sulfone groups is 1. The van der Waals surface area contributed by atoms with Crippen molar-refractivity contribution in [2.45, 2.75) is 17.5 Å². The number of anilines is 1. The number of carbonyl (C=O) groups excluding carboxylic acids is 1. The molecule has 0 atom stereocenters. The first kappa shape index (κ1) is 24.4. The van der Waals surface area contributed by atoms with E-state index in [9.17, 15) is 26.4 Å². The van der Waals surface area contributed by atoms with Crippen LogP contribution in [-0.2, 0) is 9.84 Å². The molecule has 7 nitrogen and oxygen atoms in total. The molecule has 2 aromatic rings. The molecule has 1 fully saturated rings. The van der Waals surface area contributed by atoms with Gasteiger partial charge in [-0.05, 0) is 42.5 Å². The van der Waals surface area contributed by atoms with Crippen LogP contribution in [0, 0.1) is 11.3 Å². The van der Waals surface area contributed by atoms with Gasteiger partial charge in [-0.2, -0.15) is 18.4 Å². The molecule has 0 unspecified atom stereocenters. The van der Waals surface area contributed by atoms with Gasteiger partial charge in [-0.15, -0.1) is 0 Å². The molecular weight excluding hydrogens is 459 g/mol. The van der Waals surface area contributed by atoms with Crippen LogP contribution < -0.4 is 9.64 Å². The van der Waals surface area contributed by atoms with Crippen molar-refractivity contribution in [1.82, 2.24) is 4.90 Å².